The van der Waals surface area contributed by atoms with Crippen molar-refractivity contribution in [2.24, 2.45) is 5.92 Å². The van der Waals surface area contributed by atoms with Gasteiger partial charge in [0.1, 0.15) is 12.2 Å². The average Bonchev–Trinajstić information content (AvgIpc) is 2.94. The number of benzene rings is 1. The molecule has 1 aliphatic rings. The summed E-state index contributed by atoms with van der Waals surface area (Å²) in [5.41, 5.74) is 1.41. The van der Waals surface area contributed by atoms with Crippen molar-refractivity contribution in [2.75, 3.05) is 0 Å². The Morgan fingerprint density at radius 3 is 2.78 bits per heavy atom. The van der Waals surface area contributed by atoms with Gasteiger partial charge in [-0.15, -0.1) is 0 Å². The number of aromatic nitrogens is 3. The summed E-state index contributed by atoms with van der Waals surface area (Å²) >= 11 is 0. The molecule has 3 rings (SSSR count). The van der Waals surface area contributed by atoms with Gasteiger partial charge in [0.15, 0.2) is 0 Å². The van der Waals surface area contributed by atoms with E-state index in [0.717, 1.165) is 24.6 Å². The summed E-state index contributed by atoms with van der Waals surface area (Å²) in [5.74, 6) is 1.77. The van der Waals surface area contributed by atoms with Crippen LogP contribution in [0.1, 0.15) is 44.0 Å². The monoisotopic (exact) mass is 241 g/mol. The fourth-order valence-electron chi connectivity index (χ4n) is 3.36. The molecule has 0 aliphatic heterocycles. The molecular weight excluding hydrogens is 222 g/mol. The van der Waals surface area contributed by atoms with Gasteiger partial charge in [-0.25, -0.2) is 4.98 Å². The standard InChI is InChI=1S/C15H19N3/c1-12-6-5-9-15(10-12,14-16-11-17-18-14)13-7-3-2-4-8-13/h2-4,7-8,11-12H,5-6,9-10H2,1H3,(H,16,17,18). The summed E-state index contributed by atoms with van der Waals surface area (Å²) in [5, 5.41) is 7.16. The van der Waals surface area contributed by atoms with Crippen molar-refractivity contribution in [3.8, 4) is 0 Å². The zero-order chi connectivity index (χ0) is 12.4. The van der Waals surface area contributed by atoms with Crippen molar-refractivity contribution in [1.82, 2.24) is 15.2 Å². The van der Waals surface area contributed by atoms with Gasteiger partial charge in [-0.05, 0) is 24.3 Å². The number of nitrogens with one attached hydrogen (secondary N) is 1. The van der Waals surface area contributed by atoms with Gasteiger partial charge in [0.25, 0.3) is 0 Å². The number of aromatic amines is 1. The Morgan fingerprint density at radius 1 is 1.28 bits per heavy atom. The lowest BCUT2D eigenvalue weighted by Crippen LogP contribution is -2.34. The molecule has 0 radical (unpaired) electrons. The van der Waals surface area contributed by atoms with Crippen LogP contribution in [0.3, 0.4) is 0 Å². The van der Waals surface area contributed by atoms with Crippen LogP contribution in [0, 0.1) is 5.92 Å². The van der Waals surface area contributed by atoms with Crippen molar-refractivity contribution >= 4 is 0 Å². The van der Waals surface area contributed by atoms with Gasteiger partial charge in [-0.3, -0.25) is 5.10 Å². The van der Waals surface area contributed by atoms with Crippen molar-refractivity contribution < 1.29 is 0 Å². The van der Waals surface area contributed by atoms with Crippen molar-refractivity contribution in [3.63, 3.8) is 0 Å². The molecule has 0 saturated heterocycles. The first kappa shape index (κ1) is 11.5. The highest BCUT2D eigenvalue weighted by molar-refractivity contribution is 5.33. The molecular formula is C15H19N3. The molecule has 1 aliphatic carbocycles. The second kappa shape index (κ2) is 4.56. The topological polar surface area (TPSA) is 41.6 Å². The second-order valence-corrected chi connectivity index (χ2v) is 5.48. The van der Waals surface area contributed by atoms with Gasteiger partial charge in [0.05, 0.1) is 5.41 Å². The molecule has 1 fully saturated rings. The van der Waals surface area contributed by atoms with Crippen LogP contribution >= 0.6 is 0 Å². The summed E-state index contributed by atoms with van der Waals surface area (Å²) in [6.45, 7) is 2.34. The van der Waals surface area contributed by atoms with Crippen LogP contribution in [0.2, 0.25) is 0 Å². The first-order chi connectivity index (χ1) is 8.81. The Labute approximate surface area is 108 Å². The van der Waals surface area contributed by atoms with Crippen LogP contribution in [0.5, 0.6) is 0 Å². The lowest BCUT2D eigenvalue weighted by atomic mass is 9.66. The van der Waals surface area contributed by atoms with Gasteiger partial charge >= 0.3 is 0 Å². The molecule has 1 aromatic carbocycles. The number of H-pyrrole nitrogens is 1. The molecule has 94 valence electrons. The van der Waals surface area contributed by atoms with E-state index in [1.165, 1.54) is 18.4 Å². The van der Waals surface area contributed by atoms with E-state index in [-0.39, 0.29) is 5.41 Å². The molecule has 0 spiro atoms. The maximum Gasteiger partial charge on any atom is 0.137 e. The maximum atomic E-state index is 4.46. The third-order valence-corrected chi connectivity index (χ3v) is 4.19. The number of nitrogens with zero attached hydrogens (tertiary/aromatic N) is 2. The predicted octanol–water partition coefficient (Wildman–Crippen LogP) is 3.30. The van der Waals surface area contributed by atoms with Crippen LogP contribution < -0.4 is 0 Å². The van der Waals surface area contributed by atoms with Crippen LogP contribution in [-0.2, 0) is 5.41 Å². The summed E-state index contributed by atoms with van der Waals surface area (Å²) < 4.78 is 0. The van der Waals surface area contributed by atoms with Gasteiger partial charge in [-0.1, -0.05) is 50.1 Å². The number of hydrogen-bond donors (Lipinski definition) is 1. The van der Waals surface area contributed by atoms with Crippen LogP contribution in [0.15, 0.2) is 36.7 Å². The fourth-order valence-corrected chi connectivity index (χ4v) is 3.36. The Morgan fingerprint density at radius 2 is 2.11 bits per heavy atom. The van der Waals surface area contributed by atoms with E-state index in [0.29, 0.717) is 0 Å². The molecule has 0 amide bonds. The van der Waals surface area contributed by atoms with E-state index >= 15 is 0 Å². The Bertz CT molecular complexity index is 492. The zero-order valence-electron chi connectivity index (χ0n) is 10.8. The molecule has 2 aromatic rings. The minimum Gasteiger partial charge on any atom is -0.263 e. The minimum absolute atomic E-state index is 0.0371. The molecule has 2 unspecified atom stereocenters. The Kier molecular flexibility index (Phi) is 2.90. The largest absolute Gasteiger partial charge is 0.263 e. The SMILES string of the molecule is CC1CCCC(c2ccccc2)(c2ncn[nH]2)C1. The predicted molar refractivity (Wildman–Crippen MR) is 71.2 cm³/mol. The van der Waals surface area contributed by atoms with Crippen molar-refractivity contribution in [3.05, 3.63) is 48.0 Å². The normalized spacial score (nSPS) is 28.2. The summed E-state index contributed by atoms with van der Waals surface area (Å²) in [6.07, 6.45) is 6.53. The summed E-state index contributed by atoms with van der Waals surface area (Å²) in [7, 11) is 0. The van der Waals surface area contributed by atoms with Gasteiger partial charge < -0.3 is 0 Å². The van der Waals surface area contributed by atoms with E-state index in [4.69, 9.17) is 0 Å². The molecule has 1 heterocycles. The molecule has 3 heteroatoms. The fraction of sp³-hybridized carbons (Fsp3) is 0.467. The van der Waals surface area contributed by atoms with Gasteiger partial charge in [0, 0.05) is 0 Å². The quantitative estimate of drug-likeness (QED) is 0.876. The first-order valence-corrected chi connectivity index (χ1v) is 6.73. The molecule has 1 aromatic heterocycles. The molecule has 1 saturated carbocycles. The smallest absolute Gasteiger partial charge is 0.137 e. The van der Waals surface area contributed by atoms with Crippen molar-refractivity contribution in [2.45, 2.75) is 38.0 Å². The second-order valence-electron chi connectivity index (χ2n) is 5.48. The number of rotatable bonds is 2. The molecule has 2 atom stereocenters. The van der Waals surface area contributed by atoms with Crippen molar-refractivity contribution in [1.29, 1.82) is 0 Å². The Hall–Kier alpha value is -1.64. The zero-order valence-corrected chi connectivity index (χ0v) is 10.8. The van der Waals surface area contributed by atoms with Crippen LogP contribution in [0.25, 0.3) is 0 Å². The van der Waals surface area contributed by atoms with E-state index in [1.807, 2.05) is 0 Å². The number of hydrogen-bond acceptors (Lipinski definition) is 2. The van der Waals surface area contributed by atoms with Crippen LogP contribution in [-0.4, -0.2) is 15.2 Å². The maximum absolute atomic E-state index is 4.46. The summed E-state index contributed by atoms with van der Waals surface area (Å²) in [4.78, 5) is 4.46. The van der Waals surface area contributed by atoms with Gasteiger partial charge in [-0.2, -0.15) is 5.10 Å². The molecule has 3 nitrogen and oxygen atoms in total. The van der Waals surface area contributed by atoms with E-state index < -0.39 is 0 Å². The highest BCUT2D eigenvalue weighted by Crippen LogP contribution is 2.45. The molecule has 18 heavy (non-hydrogen) atoms. The molecule has 0 bridgehead atoms. The van der Waals surface area contributed by atoms with E-state index in [2.05, 4.69) is 52.4 Å². The minimum atomic E-state index is 0.0371. The highest BCUT2D eigenvalue weighted by Gasteiger charge is 2.40. The average molecular weight is 241 g/mol. The third kappa shape index (κ3) is 1.84. The van der Waals surface area contributed by atoms with Crippen LogP contribution in [0.4, 0.5) is 0 Å². The highest BCUT2D eigenvalue weighted by atomic mass is 15.2. The Balaban J connectivity index is 2.09. The van der Waals surface area contributed by atoms with E-state index in [1.54, 1.807) is 6.33 Å². The summed E-state index contributed by atoms with van der Waals surface area (Å²) in [6, 6.07) is 10.8. The molecule has 1 N–H and O–H groups in total. The van der Waals surface area contributed by atoms with Gasteiger partial charge in [0.2, 0.25) is 0 Å². The lowest BCUT2D eigenvalue weighted by Gasteiger charge is -2.38. The first-order valence-electron chi connectivity index (χ1n) is 6.73. The third-order valence-electron chi connectivity index (χ3n) is 4.19. The lowest BCUT2D eigenvalue weighted by molar-refractivity contribution is 0.262. The van der Waals surface area contributed by atoms with E-state index in [9.17, 15) is 0 Å².